The molecule has 0 fully saturated rings. The van der Waals surface area contributed by atoms with Gasteiger partial charge in [0.05, 0.1) is 11.3 Å². The Balaban J connectivity index is 1.99. The molecule has 0 heterocycles. The van der Waals surface area contributed by atoms with E-state index >= 15 is 0 Å². The number of carbonyl (C=O) groups excluding carboxylic acids is 1. The van der Waals surface area contributed by atoms with Crippen molar-refractivity contribution < 1.29 is 19.8 Å². The molecule has 2 rings (SSSR count). The molecule has 0 aliphatic heterocycles. The summed E-state index contributed by atoms with van der Waals surface area (Å²) in [6.45, 7) is 0. The number of rotatable bonds is 5. The van der Waals surface area contributed by atoms with Crippen LogP contribution in [0.15, 0.2) is 48.5 Å². The lowest BCUT2D eigenvalue weighted by molar-refractivity contribution is -0.116. The fourth-order valence-corrected chi connectivity index (χ4v) is 1.88. The number of carboxylic acids is 1. The Morgan fingerprint density at radius 2 is 1.76 bits per heavy atom. The third-order valence-electron chi connectivity index (χ3n) is 3.00. The number of hydrogen-bond acceptors (Lipinski definition) is 3. The lowest BCUT2D eigenvalue weighted by Gasteiger charge is -2.08. The molecule has 0 atom stereocenters. The number of anilines is 1. The molecule has 0 radical (unpaired) electrons. The van der Waals surface area contributed by atoms with Gasteiger partial charge in [-0.25, -0.2) is 4.79 Å². The molecule has 0 saturated carbocycles. The Morgan fingerprint density at radius 1 is 1.05 bits per heavy atom. The normalized spacial score (nSPS) is 10.1. The van der Waals surface area contributed by atoms with Gasteiger partial charge >= 0.3 is 5.97 Å². The number of nitrogens with one attached hydrogen (secondary N) is 1. The fourth-order valence-electron chi connectivity index (χ4n) is 1.88. The number of benzene rings is 2. The molecule has 0 aliphatic carbocycles. The van der Waals surface area contributed by atoms with E-state index in [1.165, 1.54) is 18.2 Å². The van der Waals surface area contributed by atoms with Crippen LogP contribution >= 0.6 is 0 Å². The van der Waals surface area contributed by atoms with Crippen molar-refractivity contribution in [3.05, 3.63) is 59.7 Å². The molecule has 21 heavy (non-hydrogen) atoms. The van der Waals surface area contributed by atoms with Crippen molar-refractivity contribution in [2.75, 3.05) is 5.32 Å². The molecular formula is C16H15NO4. The van der Waals surface area contributed by atoms with Crippen LogP contribution in [0.4, 0.5) is 5.69 Å². The van der Waals surface area contributed by atoms with Gasteiger partial charge in [-0.3, -0.25) is 4.79 Å². The minimum atomic E-state index is -1.12. The van der Waals surface area contributed by atoms with E-state index in [2.05, 4.69) is 5.32 Å². The number of phenols is 1. The van der Waals surface area contributed by atoms with Crippen molar-refractivity contribution in [2.24, 2.45) is 0 Å². The highest BCUT2D eigenvalue weighted by molar-refractivity contribution is 5.95. The molecule has 2 aromatic rings. The molecule has 0 aliphatic rings. The quantitative estimate of drug-likeness (QED) is 0.737. The van der Waals surface area contributed by atoms with Gasteiger partial charge in [-0.2, -0.15) is 0 Å². The second-order valence-corrected chi connectivity index (χ2v) is 4.57. The Morgan fingerprint density at radius 3 is 2.43 bits per heavy atom. The van der Waals surface area contributed by atoms with Crippen LogP contribution in [0.2, 0.25) is 0 Å². The van der Waals surface area contributed by atoms with Crippen molar-refractivity contribution >= 4 is 17.6 Å². The first-order valence-electron chi connectivity index (χ1n) is 6.46. The molecule has 0 spiro atoms. The Kier molecular flexibility index (Phi) is 4.56. The summed E-state index contributed by atoms with van der Waals surface area (Å²) in [5.74, 6) is -1.56. The summed E-state index contributed by atoms with van der Waals surface area (Å²) in [5, 5.41) is 21.1. The van der Waals surface area contributed by atoms with E-state index in [0.717, 1.165) is 5.56 Å². The lowest BCUT2D eigenvalue weighted by Crippen LogP contribution is -2.13. The molecule has 0 unspecified atom stereocenters. The van der Waals surface area contributed by atoms with Crippen LogP contribution < -0.4 is 5.32 Å². The first kappa shape index (κ1) is 14.6. The van der Waals surface area contributed by atoms with Gasteiger partial charge in [-0.05, 0) is 30.2 Å². The summed E-state index contributed by atoms with van der Waals surface area (Å²) in [6, 6.07) is 13.3. The van der Waals surface area contributed by atoms with Crippen molar-refractivity contribution in [3.8, 4) is 5.75 Å². The second-order valence-electron chi connectivity index (χ2n) is 4.57. The van der Waals surface area contributed by atoms with E-state index in [4.69, 9.17) is 5.11 Å². The molecule has 2 aromatic carbocycles. The zero-order valence-electron chi connectivity index (χ0n) is 11.2. The summed E-state index contributed by atoms with van der Waals surface area (Å²) < 4.78 is 0. The lowest BCUT2D eigenvalue weighted by atomic mass is 10.1. The monoisotopic (exact) mass is 285 g/mol. The summed E-state index contributed by atoms with van der Waals surface area (Å²) in [5.41, 5.74) is 1.15. The van der Waals surface area contributed by atoms with Gasteiger partial charge in [0.25, 0.3) is 0 Å². The van der Waals surface area contributed by atoms with E-state index in [9.17, 15) is 14.7 Å². The van der Waals surface area contributed by atoms with Crippen molar-refractivity contribution in [1.82, 2.24) is 0 Å². The maximum absolute atomic E-state index is 11.8. The Labute approximate surface area is 121 Å². The van der Waals surface area contributed by atoms with Crippen molar-refractivity contribution in [1.29, 1.82) is 0 Å². The van der Waals surface area contributed by atoms with Crippen molar-refractivity contribution in [2.45, 2.75) is 12.8 Å². The SMILES string of the molecule is O=C(CCc1ccccc1)Nc1cc(C(=O)O)ccc1O. The average Bonchev–Trinajstić information content (AvgIpc) is 2.48. The number of carboxylic acid groups (broad SMARTS) is 1. The Bertz CT molecular complexity index is 653. The van der Waals surface area contributed by atoms with E-state index in [0.29, 0.717) is 6.42 Å². The maximum atomic E-state index is 11.8. The predicted octanol–water partition coefficient (Wildman–Crippen LogP) is 2.66. The smallest absolute Gasteiger partial charge is 0.335 e. The summed E-state index contributed by atoms with van der Waals surface area (Å²) in [7, 11) is 0. The minimum absolute atomic E-state index is 0.00570. The number of aromatic carboxylic acids is 1. The van der Waals surface area contributed by atoms with E-state index in [-0.39, 0.29) is 29.3 Å². The number of hydrogen-bond donors (Lipinski definition) is 3. The average molecular weight is 285 g/mol. The molecule has 108 valence electrons. The van der Waals surface area contributed by atoms with Crippen LogP contribution in [0.25, 0.3) is 0 Å². The van der Waals surface area contributed by atoms with Crippen LogP contribution in [-0.4, -0.2) is 22.1 Å². The zero-order valence-corrected chi connectivity index (χ0v) is 11.2. The highest BCUT2D eigenvalue weighted by Gasteiger charge is 2.10. The first-order valence-corrected chi connectivity index (χ1v) is 6.46. The summed E-state index contributed by atoms with van der Waals surface area (Å²) in [6.07, 6.45) is 0.826. The summed E-state index contributed by atoms with van der Waals surface area (Å²) >= 11 is 0. The zero-order chi connectivity index (χ0) is 15.2. The van der Waals surface area contributed by atoms with Crippen LogP contribution in [0.1, 0.15) is 22.3 Å². The molecule has 0 aromatic heterocycles. The standard InChI is InChI=1S/C16H15NO4/c18-14-8-7-12(16(20)21)10-13(14)17-15(19)9-6-11-4-2-1-3-5-11/h1-5,7-8,10,18H,6,9H2,(H,17,19)(H,20,21). The van der Waals surface area contributed by atoms with Crippen LogP contribution in [-0.2, 0) is 11.2 Å². The van der Waals surface area contributed by atoms with Gasteiger partial charge in [0.1, 0.15) is 5.75 Å². The largest absolute Gasteiger partial charge is 0.506 e. The topological polar surface area (TPSA) is 86.6 Å². The van der Waals surface area contributed by atoms with E-state index < -0.39 is 5.97 Å². The van der Waals surface area contributed by atoms with Gasteiger partial charge in [0.2, 0.25) is 5.91 Å². The Hall–Kier alpha value is -2.82. The van der Waals surface area contributed by atoms with Crippen molar-refractivity contribution in [3.63, 3.8) is 0 Å². The maximum Gasteiger partial charge on any atom is 0.335 e. The van der Waals surface area contributed by atoms with Gasteiger partial charge in [-0.15, -0.1) is 0 Å². The van der Waals surface area contributed by atoms with Crippen LogP contribution in [0, 0.1) is 0 Å². The first-order chi connectivity index (χ1) is 10.1. The number of phenolic OH excluding ortho intramolecular Hbond substituents is 1. The minimum Gasteiger partial charge on any atom is -0.506 e. The van der Waals surface area contributed by atoms with Gasteiger partial charge < -0.3 is 15.5 Å². The number of amides is 1. The van der Waals surface area contributed by atoms with Crippen LogP contribution in [0.3, 0.4) is 0 Å². The van der Waals surface area contributed by atoms with E-state index in [1.54, 1.807) is 0 Å². The molecular weight excluding hydrogens is 270 g/mol. The van der Waals surface area contributed by atoms with E-state index in [1.807, 2.05) is 30.3 Å². The molecule has 1 amide bonds. The van der Waals surface area contributed by atoms with Crippen LogP contribution in [0.5, 0.6) is 5.75 Å². The number of carbonyl (C=O) groups is 2. The second kappa shape index (κ2) is 6.56. The summed E-state index contributed by atoms with van der Waals surface area (Å²) in [4.78, 5) is 22.7. The molecule has 5 heteroatoms. The van der Waals surface area contributed by atoms with Gasteiger partial charge in [0.15, 0.2) is 0 Å². The predicted molar refractivity (Wildman–Crippen MR) is 78.5 cm³/mol. The molecule has 0 saturated heterocycles. The molecule has 0 bridgehead atoms. The molecule has 3 N–H and O–H groups in total. The molecule has 5 nitrogen and oxygen atoms in total. The van der Waals surface area contributed by atoms with Gasteiger partial charge in [-0.1, -0.05) is 30.3 Å². The highest BCUT2D eigenvalue weighted by atomic mass is 16.4. The number of aromatic hydroxyl groups is 1. The third-order valence-corrected chi connectivity index (χ3v) is 3.00. The third kappa shape index (κ3) is 4.07. The number of aryl methyl sites for hydroxylation is 1. The highest BCUT2D eigenvalue weighted by Crippen LogP contribution is 2.24. The fraction of sp³-hybridized carbons (Fsp3) is 0.125. The van der Waals surface area contributed by atoms with Gasteiger partial charge in [0, 0.05) is 6.42 Å².